The molecule has 0 aliphatic rings. The zero-order chi connectivity index (χ0) is 13.8. The Bertz CT molecular complexity index is 549. The minimum absolute atomic E-state index is 0.396. The van der Waals surface area contributed by atoms with Crippen LogP contribution in [-0.4, -0.2) is 10.1 Å². The molecule has 0 saturated carbocycles. The van der Waals surface area contributed by atoms with Crippen molar-refractivity contribution < 1.29 is 5.11 Å². The second-order valence-electron chi connectivity index (χ2n) is 5.20. The lowest BCUT2D eigenvalue weighted by Gasteiger charge is -2.16. The molecule has 0 bridgehead atoms. The van der Waals surface area contributed by atoms with E-state index in [4.69, 9.17) is 0 Å². The standard InChI is InChI=1S/C17H21NO/c1-12-10-14(3)16(11-13(12)2)17(19)5-4-15-6-8-18-9-7-15/h6-11,17,19H,4-5H2,1-3H3. The van der Waals surface area contributed by atoms with Crippen molar-refractivity contribution in [2.24, 2.45) is 0 Å². The lowest BCUT2D eigenvalue weighted by Crippen LogP contribution is -2.03. The molecule has 0 spiro atoms. The molecule has 0 fully saturated rings. The van der Waals surface area contributed by atoms with E-state index in [-0.39, 0.29) is 0 Å². The largest absolute Gasteiger partial charge is 0.388 e. The van der Waals surface area contributed by atoms with Gasteiger partial charge < -0.3 is 5.11 Å². The molecule has 1 aromatic heterocycles. The Kier molecular flexibility index (Phi) is 4.33. The quantitative estimate of drug-likeness (QED) is 0.904. The Hall–Kier alpha value is -1.67. The van der Waals surface area contributed by atoms with Crippen LogP contribution in [0.1, 0.15) is 40.3 Å². The molecule has 1 N–H and O–H groups in total. The lowest BCUT2D eigenvalue weighted by atomic mass is 9.94. The number of nitrogens with zero attached hydrogens (tertiary/aromatic N) is 1. The molecule has 0 aliphatic carbocycles. The molecule has 1 atom stereocenters. The molecule has 0 aliphatic heterocycles. The van der Waals surface area contributed by atoms with Crippen molar-refractivity contribution in [2.45, 2.75) is 39.7 Å². The number of pyridine rings is 1. The first-order valence-corrected chi connectivity index (χ1v) is 6.72. The van der Waals surface area contributed by atoms with E-state index in [1.807, 2.05) is 12.1 Å². The number of aromatic nitrogens is 1. The van der Waals surface area contributed by atoms with Gasteiger partial charge in [-0.25, -0.2) is 0 Å². The van der Waals surface area contributed by atoms with Gasteiger partial charge in [0.05, 0.1) is 6.10 Å². The van der Waals surface area contributed by atoms with Crippen LogP contribution >= 0.6 is 0 Å². The topological polar surface area (TPSA) is 33.1 Å². The van der Waals surface area contributed by atoms with Gasteiger partial charge in [0.1, 0.15) is 0 Å². The second-order valence-corrected chi connectivity index (χ2v) is 5.20. The normalized spacial score (nSPS) is 12.4. The Morgan fingerprint density at radius 3 is 2.32 bits per heavy atom. The third-order valence-electron chi connectivity index (χ3n) is 3.70. The molecule has 0 amide bonds. The maximum Gasteiger partial charge on any atom is 0.0795 e. The number of hydrogen-bond donors (Lipinski definition) is 1. The van der Waals surface area contributed by atoms with Crippen molar-refractivity contribution in [3.63, 3.8) is 0 Å². The van der Waals surface area contributed by atoms with E-state index >= 15 is 0 Å². The van der Waals surface area contributed by atoms with E-state index in [9.17, 15) is 5.11 Å². The number of aliphatic hydroxyl groups excluding tert-OH is 1. The number of hydrogen-bond acceptors (Lipinski definition) is 2. The fourth-order valence-corrected chi connectivity index (χ4v) is 2.35. The van der Waals surface area contributed by atoms with Gasteiger partial charge in [0, 0.05) is 12.4 Å². The van der Waals surface area contributed by atoms with Gasteiger partial charge in [-0.15, -0.1) is 0 Å². The highest BCUT2D eigenvalue weighted by molar-refractivity contribution is 5.37. The first-order valence-electron chi connectivity index (χ1n) is 6.72. The van der Waals surface area contributed by atoms with Crippen LogP contribution in [0.3, 0.4) is 0 Å². The van der Waals surface area contributed by atoms with E-state index in [0.29, 0.717) is 0 Å². The molecule has 0 saturated heterocycles. The van der Waals surface area contributed by atoms with Gasteiger partial charge in [0.25, 0.3) is 0 Å². The highest BCUT2D eigenvalue weighted by Crippen LogP contribution is 2.25. The van der Waals surface area contributed by atoms with Gasteiger partial charge in [-0.3, -0.25) is 4.98 Å². The predicted octanol–water partition coefficient (Wildman–Crippen LogP) is 3.67. The molecule has 2 aromatic rings. The number of benzene rings is 1. The third kappa shape index (κ3) is 3.42. The van der Waals surface area contributed by atoms with Crippen molar-refractivity contribution in [1.82, 2.24) is 4.98 Å². The molecule has 2 rings (SSSR count). The monoisotopic (exact) mass is 255 g/mol. The fraction of sp³-hybridized carbons (Fsp3) is 0.353. The van der Waals surface area contributed by atoms with Gasteiger partial charge in [0.2, 0.25) is 0 Å². The molecular weight excluding hydrogens is 234 g/mol. The minimum Gasteiger partial charge on any atom is -0.388 e. The van der Waals surface area contributed by atoms with Crippen molar-refractivity contribution in [2.75, 3.05) is 0 Å². The van der Waals surface area contributed by atoms with Gasteiger partial charge in [-0.1, -0.05) is 12.1 Å². The van der Waals surface area contributed by atoms with Crippen LogP contribution in [0.15, 0.2) is 36.7 Å². The molecule has 2 nitrogen and oxygen atoms in total. The maximum atomic E-state index is 10.4. The molecular formula is C17H21NO. The maximum absolute atomic E-state index is 10.4. The van der Waals surface area contributed by atoms with Crippen LogP contribution in [-0.2, 0) is 6.42 Å². The summed E-state index contributed by atoms with van der Waals surface area (Å²) in [5, 5.41) is 10.4. The zero-order valence-electron chi connectivity index (χ0n) is 11.9. The summed E-state index contributed by atoms with van der Waals surface area (Å²) in [7, 11) is 0. The third-order valence-corrected chi connectivity index (χ3v) is 3.70. The first-order chi connectivity index (χ1) is 9.08. The highest BCUT2D eigenvalue weighted by atomic mass is 16.3. The summed E-state index contributed by atoms with van der Waals surface area (Å²) >= 11 is 0. The van der Waals surface area contributed by atoms with Crippen LogP contribution in [0.4, 0.5) is 0 Å². The Morgan fingerprint density at radius 2 is 1.63 bits per heavy atom. The summed E-state index contributed by atoms with van der Waals surface area (Å²) in [4.78, 5) is 4.00. The summed E-state index contributed by atoms with van der Waals surface area (Å²) in [6.07, 6.45) is 4.81. The van der Waals surface area contributed by atoms with E-state index in [1.165, 1.54) is 22.3 Å². The van der Waals surface area contributed by atoms with Gasteiger partial charge in [0.15, 0.2) is 0 Å². The molecule has 1 unspecified atom stereocenters. The lowest BCUT2D eigenvalue weighted by molar-refractivity contribution is 0.167. The van der Waals surface area contributed by atoms with Crippen LogP contribution in [0.25, 0.3) is 0 Å². The first kappa shape index (κ1) is 13.8. The van der Waals surface area contributed by atoms with E-state index in [0.717, 1.165) is 18.4 Å². The second kappa shape index (κ2) is 5.98. The van der Waals surface area contributed by atoms with Gasteiger partial charge in [-0.05, 0) is 73.6 Å². The summed E-state index contributed by atoms with van der Waals surface area (Å²) in [6, 6.07) is 8.27. The van der Waals surface area contributed by atoms with Crippen LogP contribution < -0.4 is 0 Å². The minimum atomic E-state index is -0.396. The Balaban J connectivity index is 2.08. The SMILES string of the molecule is Cc1cc(C)c(C(O)CCc2ccncc2)cc1C. The van der Waals surface area contributed by atoms with Crippen LogP contribution in [0, 0.1) is 20.8 Å². The van der Waals surface area contributed by atoms with E-state index in [2.05, 4.69) is 37.9 Å². The van der Waals surface area contributed by atoms with Gasteiger partial charge >= 0.3 is 0 Å². The molecule has 2 heteroatoms. The van der Waals surface area contributed by atoms with Crippen molar-refractivity contribution in [1.29, 1.82) is 0 Å². The molecule has 0 radical (unpaired) electrons. The van der Waals surface area contributed by atoms with Crippen molar-refractivity contribution in [3.8, 4) is 0 Å². The van der Waals surface area contributed by atoms with Crippen molar-refractivity contribution in [3.05, 3.63) is 64.5 Å². The fourth-order valence-electron chi connectivity index (χ4n) is 2.35. The summed E-state index contributed by atoms with van der Waals surface area (Å²) < 4.78 is 0. The van der Waals surface area contributed by atoms with Gasteiger partial charge in [-0.2, -0.15) is 0 Å². The number of rotatable bonds is 4. The average molecular weight is 255 g/mol. The molecule has 1 aromatic carbocycles. The summed E-state index contributed by atoms with van der Waals surface area (Å²) in [5.74, 6) is 0. The molecule has 1 heterocycles. The highest BCUT2D eigenvalue weighted by Gasteiger charge is 2.11. The van der Waals surface area contributed by atoms with Crippen LogP contribution in [0.2, 0.25) is 0 Å². The molecule has 19 heavy (non-hydrogen) atoms. The number of aryl methyl sites for hydroxylation is 4. The number of aliphatic hydroxyl groups is 1. The Labute approximate surface area is 115 Å². The molecule has 100 valence electrons. The van der Waals surface area contributed by atoms with Crippen molar-refractivity contribution >= 4 is 0 Å². The summed E-state index contributed by atoms with van der Waals surface area (Å²) in [6.45, 7) is 6.26. The van der Waals surface area contributed by atoms with E-state index < -0.39 is 6.10 Å². The van der Waals surface area contributed by atoms with E-state index in [1.54, 1.807) is 12.4 Å². The smallest absolute Gasteiger partial charge is 0.0795 e. The predicted molar refractivity (Wildman–Crippen MR) is 78.2 cm³/mol. The van der Waals surface area contributed by atoms with Crippen LogP contribution in [0.5, 0.6) is 0 Å². The zero-order valence-corrected chi connectivity index (χ0v) is 11.9. The Morgan fingerprint density at radius 1 is 1.00 bits per heavy atom. The average Bonchev–Trinajstić information content (AvgIpc) is 2.41. The summed E-state index contributed by atoms with van der Waals surface area (Å²) in [5.41, 5.74) is 5.96.